The Hall–Kier alpha value is -4.00. The molecule has 4 rings (SSSR count). The van der Waals surface area contributed by atoms with Crippen molar-refractivity contribution < 1.29 is 17.9 Å². The molecule has 3 aromatic heterocycles. The number of nitrogens with one attached hydrogen (secondary N) is 1. The van der Waals surface area contributed by atoms with E-state index in [1.54, 1.807) is 55.2 Å². The Labute approximate surface area is 215 Å². The second-order valence-corrected chi connectivity index (χ2v) is 10.5. The first-order valence-electron chi connectivity index (χ1n) is 11.7. The summed E-state index contributed by atoms with van der Waals surface area (Å²) in [6, 6.07) is 7.03. The van der Waals surface area contributed by atoms with E-state index in [0.717, 1.165) is 5.56 Å². The van der Waals surface area contributed by atoms with Gasteiger partial charge in [-0.05, 0) is 44.5 Å². The minimum atomic E-state index is -3.97. The zero-order valence-corrected chi connectivity index (χ0v) is 22.4. The van der Waals surface area contributed by atoms with Crippen molar-refractivity contribution >= 4 is 16.0 Å². The Morgan fingerprint density at radius 3 is 2.24 bits per heavy atom. The van der Waals surface area contributed by atoms with E-state index in [4.69, 9.17) is 9.47 Å². The van der Waals surface area contributed by atoms with Crippen LogP contribution in [0.4, 0.5) is 5.95 Å². The zero-order chi connectivity index (χ0) is 26.7. The minimum absolute atomic E-state index is 0.0345. The highest BCUT2D eigenvalue weighted by Gasteiger charge is 2.32. The van der Waals surface area contributed by atoms with E-state index in [9.17, 15) is 8.42 Å². The molecule has 0 aliphatic rings. The van der Waals surface area contributed by atoms with E-state index in [2.05, 4.69) is 30.0 Å². The van der Waals surface area contributed by atoms with Crippen molar-refractivity contribution in [3.8, 4) is 28.7 Å². The maximum Gasteiger partial charge on any atom is 0.243 e. The van der Waals surface area contributed by atoms with Gasteiger partial charge >= 0.3 is 0 Å². The molecule has 0 bridgehead atoms. The summed E-state index contributed by atoms with van der Waals surface area (Å²) in [5, 5.41) is 12.1. The average molecular weight is 527 g/mol. The van der Waals surface area contributed by atoms with E-state index < -0.39 is 21.2 Å². The first-order chi connectivity index (χ1) is 17.7. The number of hydrogen-bond donors (Lipinski definition) is 1. The number of aromatic nitrogens is 7. The minimum Gasteiger partial charge on any atom is -0.494 e. The molecule has 37 heavy (non-hydrogen) atoms. The number of anilines is 1. The molecule has 0 aliphatic heterocycles. The van der Waals surface area contributed by atoms with Crippen molar-refractivity contribution in [1.82, 2.24) is 34.5 Å². The quantitative estimate of drug-likeness (QED) is 0.330. The number of para-hydroxylation sites is 1. The molecule has 0 spiro atoms. The Morgan fingerprint density at radius 1 is 1.03 bits per heavy atom. The summed E-state index contributed by atoms with van der Waals surface area (Å²) in [6.07, 6.45) is 5.14. The first kappa shape index (κ1) is 26.1. The summed E-state index contributed by atoms with van der Waals surface area (Å²) >= 11 is 0. The predicted octanol–water partition coefficient (Wildman–Crippen LogP) is 3.20. The highest BCUT2D eigenvalue weighted by atomic mass is 32.2. The van der Waals surface area contributed by atoms with Crippen LogP contribution in [0.15, 0.2) is 42.9 Å². The number of ether oxygens (including phenoxy) is 2. The highest BCUT2D eigenvalue weighted by Crippen LogP contribution is 2.37. The van der Waals surface area contributed by atoms with E-state index in [1.807, 2.05) is 20.0 Å². The molecular formula is C24H30N8O4S. The van der Waals surface area contributed by atoms with Crippen LogP contribution in [0, 0.1) is 6.92 Å². The highest BCUT2D eigenvalue weighted by molar-refractivity contribution is 7.93. The fraction of sp³-hybridized carbons (Fsp3) is 0.375. The van der Waals surface area contributed by atoms with Crippen LogP contribution in [0.25, 0.3) is 17.2 Å². The van der Waals surface area contributed by atoms with Crippen LogP contribution in [0.1, 0.15) is 38.1 Å². The lowest BCUT2D eigenvalue weighted by atomic mass is 10.1. The van der Waals surface area contributed by atoms with Crippen molar-refractivity contribution in [1.29, 1.82) is 0 Å². The maximum atomic E-state index is 13.5. The van der Waals surface area contributed by atoms with Gasteiger partial charge in [0.15, 0.2) is 5.82 Å². The third kappa shape index (κ3) is 5.12. The van der Waals surface area contributed by atoms with Crippen LogP contribution in [0.3, 0.4) is 0 Å². The van der Waals surface area contributed by atoms with Gasteiger partial charge in [0, 0.05) is 31.1 Å². The lowest BCUT2D eigenvalue weighted by molar-refractivity contribution is 0.391. The fourth-order valence-electron chi connectivity index (χ4n) is 3.77. The Kier molecular flexibility index (Phi) is 7.43. The summed E-state index contributed by atoms with van der Waals surface area (Å²) in [4.78, 5) is 8.61. The number of aryl methyl sites for hydroxylation is 2. The predicted molar refractivity (Wildman–Crippen MR) is 139 cm³/mol. The van der Waals surface area contributed by atoms with Crippen molar-refractivity contribution in [2.75, 3.05) is 18.9 Å². The third-order valence-electron chi connectivity index (χ3n) is 6.12. The topological polar surface area (TPSA) is 139 Å². The fourth-order valence-corrected chi connectivity index (χ4v) is 5.01. The first-order valence-corrected chi connectivity index (χ1v) is 13.3. The van der Waals surface area contributed by atoms with Gasteiger partial charge in [0.1, 0.15) is 28.7 Å². The molecule has 2 atom stereocenters. The SMILES string of the molecule is CCn1ccc(-c2nnc(NS(=O)(=O)[C@@H](C)[C@H](C)c3ncc(C)cn3)n2-c2c(OC)cccc2OC)n1. The number of nitrogens with zero attached hydrogens (tertiary/aromatic N) is 7. The van der Waals surface area contributed by atoms with Crippen LogP contribution < -0.4 is 14.2 Å². The van der Waals surface area contributed by atoms with Gasteiger partial charge < -0.3 is 9.47 Å². The van der Waals surface area contributed by atoms with Gasteiger partial charge in [-0.3, -0.25) is 14.0 Å². The maximum absolute atomic E-state index is 13.5. The van der Waals surface area contributed by atoms with E-state index in [-0.39, 0.29) is 5.95 Å². The van der Waals surface area contributed by atoms with Gasteiger partial charge in [-0.2, -0.15) is 5.10 Å². The number of hydrogen-bond acceptors (Lipinski definition) is 9. The summed E-state index contributed by atoms with van der Waals surface area (Å²) in [5.41, 5.74) is 1.82. The lowest BCUT2D eigenvalue weighted by Crippen LogP contribution is -2.31. The van der Waals surface area contributed by atoms with Crippen LogP contribution in [0.2, 0.25) is 0 Å². The van der Waals surface area contributed by atoms with Crippen LogP contribution in [-0.4, -0.2) is 62.4 Å². The van der Waals surface area contributed by atoms with Gasteiger partial charge in [-0.25, -0.2) is 18.4 Å². The zero-order valence-electron chi connectivity index (χ0n) is 21.6. The molecular weight excluding hydrogens is 496 g/mol. The van der Waals surface area contributed by atoms with Crippen molar-refractivity contribution in [3.63, 3.8) is 0 Å². The molecule has 0 aliphatic carbocycles. The third-order valence-corrected chi connectivity index (χ3v) is 7.97. The van der Waals surface area contributed by atoms with E-state index in [0.29, 0.717) is 41.1 Å². The average Bonchev–Trinajstić information content (AvgIpc) is 3.54. The number of benzene rings is 1. The molecule has 0 unspecified atom stereocenters. The van der Waals surface area contributed by atoms with Gasteiger partial charge in [0.05, 0.1) is 19.5 Å². The molecule has 0 amide bonds. The molecule has 0 saturated heterocycles. The standard InChI is InChI=1S/C24H30N8O4S/c1-7-31-12-11-18(29-31)23-27-28-24(32(23)21-19(35-5)9-8-10-20(21)36-6)30-37(33,34)17(4)16(3)22-25-13-15(2)14-26-22/h8-14,16-17H,7H2,1-6H3,(H,28,30)/t16-,17-/m0/s1. The Bertz CT molecular complexity index is 1460. The van der Waals surface area contributed by atoms with Gasteiger partial charge in [-0.1, -0.05) is 13.0 Å². The molecule has 4 aromatic rings. The number of rotatable bonds is 10. The van der Waals surface area contributed by atoms with Gasteiger partial charge in [-0.15, -0.1) is 10.2 Å². The van der Waals surface area contributed by atoms with Crippen molar-refractivity contribution in [3.05, 3.63) is 54.2 Å². The summed E-state index contributed by atoms with van der Waals surface area (Å²) in [5.74, 6) is 1.09. The molecule has 196 valence electrons. The van der Waals surface area contributed by atoms with Gasteiger partial charge in [0.2, 0.25) is 16.0 Å². The van der Waals surface area contributed by atoms with Gasteiger partial charge in [0.25, 0.3) is 0 Å². The molecule has 1 N–H and O–H groups in total. The number of methoxy groups -OCH3 is 2. The monoisotopic (exact) mass is 526 g/mol. The lowest BCUT2D eigenvalue weighted by Gasteiger charge is -2.21. The molecule has 0 radical (unpaired) electrons. The smallest absolute Gasteiger partial charge is 0.243 e. The van der Waals surface area contributed by atoms with Crippen molar-refractivity contribution in [2.24, 2.45) is 0 Å². The Morgan fingerprint density at radius 2 is 1.68 bits per heavy atom. The summed E-state index contributed by atoms with van der Waals surface area (Å²) in [6.45, 7) is 7.86. The summed E-state index contributed by atoms with van der Waals surface area (Å²) < 4.78 is 44.2. The molecule has 1 aromatic carbocycles. The summed E-state index contributed by atoms with van der Waals surface area (Å²) in [7, 11) is -0.935. The Balaban J connectivity index is 1.82. The van der Waals surface area contributed by atoms with Crippen molar-refractivity contribution in [2.45, 2.75) is 45.4 Å². The van der Waals surface area contributed by atoms with Crippen LogP contribution in [-0.2, 0) is 16.6 Å². The largest absolute Gasteiger partial charge is 0.494 e. The van der Waals surface area contributed by atoms with Crippen LogP contribution >= 0.6 is 0 Å². The van der Waals surface area contributed by atoms with E-state index in [1.165, 1.54) is 18.8 Å². The molecule has 0 saturated carbocycles. The molecule has 0 fully saturated rings. The second kappa shape index (κ2) is 10.5. The normalized spacial score (nSPS) is 13.2. The van der Waals surface area contributed by atoms with Crippen LogP contribution in [0.5, 0.6) is 11.5 Å². The molecule has 12 nitrogen and oxygen atoms in total. The molecule has 13 heteroatoms. The number of sulfonamides is 1. The molecule has 3 heterocycles. The second-order valence-electron chi connectivity index (χ2n) is 8.51. The van der Waals surface area contributed by atoms with E-state index >= 15 is 0 Å².